The summed E-state index contributed by atoms with van der Waals surface area (Å²) in [6.45, 7) is -0.0530. The van der Waals surface area contributed by atoms with Gasteiger partial charge in [-0.25, -0.2) is 15.0 Å². The highest BCUT2D eigenvalue weighted by atomic mass is 32.2. The molecular formula is C14H22N6O4S. The van der Waals surface area contributed by atoms with E-state index in [4.69, 9.17) is 21.3 Å². The van der Waals surface area contributed by atoms with Crippen LogP contribution >= 0.6 is 11.8 Å². The Bertz CT molecular complexity index is 716. The van der Waals surface area contributed by atoms with Gasteiger partial charge in [0.1, 0.15) is 24.1 Å². The van der Waals surface area contributed by atoms with Crippen LogP contribution in [-0.2, 0) is 4.74 Å². The molecule has 1 saturated heterocycles. The predicted molar refractivity (Wildman–Crippen MR) is 92.7 cm³/mol. The van der Waals surface area contributed by atoms with Gasteiger partial charge in [0, 0.05) is 11.8 Å². The lowest BCUT2D eigenvalue weighted by molar-refractivity contribution is -0.0289. The number of thioether (sulfide) groups is 1. The average Bonchev–Trinajstić information content (AvgIpc) is 3.15. The number of aliphatic hydroxyl groups excluding tert-OH is 3. The Kier molecular flexibility index (Phi) is 5.71. The van der Waals surface area contributed by atoms with Crippen molar-refractivity contribution < 1.29 is 20.1 Å². The largest absolute Gasteiger partial charge is 0.395 e. The van der Waals surface area contributed by atoms with E-state index in [1.54, 1.807) is 16.3 Å². The van der Waals surface area contributed by atoms with Gasteiger partial charge in [0.05, 0.1) is 19.0 Å². The van der Waals surface area contributed by atoms with E-state index >= 15 is 0 Å². The SMILES string of the molecule is Nc1ncnc2c1ncn2[C@@H]1O[C@H](CSCCC(N)CO)[C@@H](O)[C@H]1O. The smallest absolute Gasteiger partial charge is 0.167 e. The Morgan fingerprint density at radius 2 is 2.08 bits per heavy atom. The molecule has 0 bridgehead atoms. The summed E-state index contributed by atoms with van der Waals surface area (Å²) in [6.07, 6.45) is -0.0402. The number of rotatable bonds is 7. The Morgan fingerprint density at radius 1 is 1.28 bits per heavy atom. The van der Waals surface area contributed by atoms with Crippen LogP contribution in [0.5, 0.6) is 0 Å². The van der Waals surface area contributed by atoms with E-state index in [9.17, 15) is 10.2 Å². The molecule has 1 aliphatic rings. The van der Waals surface area contributed by atoms with Gasteiger partial charge in [-0.3, -0.25) is 4.57 Å². The lowest BCUT2D eigenvalue weighted by Gasteiger charge is -2.16. The van der Waals surface area contributed by atoms with Crippen LogP contribution in [0.25, 0.3) is 11.2 Å². The third-order valence-electron chi connectivity index (χ3n) is 4.15. The van der Waals surface area contributed by atoms with Gasteiger partial charge in [0.2, 0.25) is 0 Å². The van der Waals surface area contributed by atoms with Gasteiger partial charge in [-0.05, 0) is 12.2 Å². The Morgan fingerprint density at radius 3 is 2.84 bits per heavy atom. The summed E-state index contributed by atoms with van der Waals surface area (Å²) >= 11 is 1.55. The zero-order chi connectivity index (χ0) is 18.0. The minimum absolute atomic E-state index is 0.0530. The number of nitrogens with zero attached hydrogens (tertiary/aromatic N) is 4. The fourth-order valence-corrected chi connectivity index (χ4v) is 3.82. The van der Waals surface area contributed by atoms with E-state index in [0.29, 0.717) is 23.3 Å². The van der Waals surface area contributed by atoms with E-state index in [-0.39, 0.29) is 18.5 Å². The standard InChI is InChI=1S/C14H22N6O4S/c15-7(3-21)1-2-25-4-8-10(22)11(23)14(24-8)20-6-19-9-12(16)17-5-18-13(9)20/h5-8,10-11,14,21-23H,1-4,15H2,(H2,16,17,18)/t7?,8-,10-,11-,14-/m1/s1. The number of hydrogen-bond acceptors (Lipinski definition) is 10. The van der Waals surface area contributed by atoms with Crippen molar-refractivity contribution >= 4 is 28.7 Å². The van der Waals surface area contributed by atoms with Crippen LogP contribution < -0.4 is 11.5 Å². The summed E-state index contributed by atoms with van der Waals surface area (Å²) in [4.78, 5) is 12.2. The summed E-state index contributed by atoms with van der Waals surface area (Å²) in [6, 6.07) is -0.247. The Balaban J connectivity index is 1.66. The Hall–Kier alpha value is -1.50. The first-order valence-electron chi connectivity index (χ1n) is 7.91. The molecule has 1 unspecified atom stereocenters. The summed E-state index contributed by atoms with van der Waals surface area (Å²) in [7, 11) is 0. The molecule has 11 heteroatoms. The number of aliphatic hydroxyl groups is 3. The van der Waals surface area contributed by atoms with Crippen LogP contribution in [0.4, 0.5) is 5.82 Å². The van der Waals surface area contributed by atoms with Gasteiger partial charge in [0.15, 0.2) is 17.7 Å². The molecule has 0 spiro atoms. The molecule has 0 amide bonds. The van der Waals surface area contributed by atoms with Crippen LogP contribution in [0.15, 0.2) is 12.7 Å². The minimum atomic E-state index is -1.11. The molecule has 0 aromatic carbocycles. The quantitative estimate of drug-likeness (QED) is 0.361. The van der Waals surface area contributed by atoms with Crippen molar-refractivity contribution in [3.05, 3.63) is 12.7 Å². The maximum Gasteiger partial charge on any atom is 0.167 e. The first-order chi connectivity index (χ1) is 12.0. The van der Waals surface area contributed by atoms with Crippen LogP contribution in [0.3, 0.4) is 0 Å². The molecule has 10 nitrogen and oxygen atoms in total. The highest BCUT2D eigenvalue weighted by Crippen LogP contribution is 2.33. The van der Waals surface area contributed by atoms with E-state index in [1.807, 2.05) is 0 Å². The van der Waals surface area contributed by atoms with Crippen molar-refractivity contribution in [1.29, 1.82) is 0 Å². The molecule has 0 aliphatic carbocycles. The first kappa shape index (κ1) is 18.3. The molecule has 1 fully saturated rings. The number of hydrogen-bond donors (Lipinski definition) is 5. The van der Waals surface area contributed by atoms with Crippen LogP contribution in [0, 0.1) is 0 Å². The summed E-state index contributed by atoms with van der Waals surface area (Å²) in [5.74, 6) is 1.47. The Labute approximate surface area is 148 Å². The average molecular weight is 370 g/mol. The second-order valence-electron chi connectivity index (χ2n) is 5.94. The highest BCUT2D eigenvalue weighted by molar-refractivity contribution is 7.99. The monoisotopic (exact) mass is 370 g/mol. The normalized spacial score (nSPS) is 27.8. The second kappa shape index (κ2) is 7.81. The van der Waals surface area contributed by atoms with Gasteiger partial charge in [-0.15, -0.1) is 0 Å². The molecule has 3 rings (SSSR count). The number of ether oxygens (including phenoxy) is 1. The summed E-state index contributed by atoms with van der Waals surface area (Å²) in [5, 5.41) is 29.5. The maximum atomic E-state index is 10.4. The molecule has 0 radical (unpaired) electrons. The molecule has 1 aliphatic heterocycles. The van der Waals surface area contributed by atoms with Crippen LogP contribution in [0.2, 0.25) is 0 Å². The van der Waals surface area contributed by atoms with Crippen LogP contribution in [0.1, 0.15) is 12.6 Å². The van der Waals surface area contributed by atoms with Crippen molar-refractivity contribution in [2.45, 2.75) is 37.0 Å². The molecule has 2 aromatic heterocycles. The van der Waals surface area contributed by atoms with E-state index in [1.165, 1.54) is 12.7 Å². The van der Waals surface area contributed by atoms with E-state index < -0.39 is 24.5 Å². The maximum absolute atomic E-state index is 10.4. The number of imidazole rings is 1. The van der Waals surface area contributed by atoms with Crippen molar-refractivity contribution in [2.75, 3.05) is 23.8 Å². The number of anilines is 1. The van der Waals surface area contributed by atoms with Gasteiger partial charge >= 0.3 is 0 Å². The molecule has 138 valence electrons. The zero-order valence-corrected chi connectivity index (χ0v) is 14.3. The number of nitrogens with two attached hydrogens (primary N) is 2. The fraction of sp³-hybridized carbons (Fsp3) is 0.643. The first-order valence-corrected chi connectivity index (χ1v) is 9.07. The zero-order valence-electron chi connectivity index (χ0n) is 13.5. The molecule has 25 heavy (non-hydrogen) atoms. The fourth-order valence-electron chi connectivity index (χ4n) is 2.68. The van der Waals surface area contributed by atoms with E-state index in [0.717, 1.165) is 5.75 Å². The molecule has 5 atom stereocenters. The molecular weight excluding hydrogens is 348 g/mol. The molecule has 2 aromatic rings. The topological polar surface area (TPSA) is 166 Å². The molecule has 7 N–H and O–H groups in total. The molecule has 0 saturated carbocycles. The lowest BCUT2D eigenvalue weighted by Crippen LogP contribution is -2.32. The number of aromatic nitrogens is 4. The van der Waals surface area contributed by atoms with E-state index in [2.05, 4.69) is 15.0 Å². The highest BCUT2D eigenvalue weighted by Gasteiger charge is 2.44. The van der Waals surface area contributed by atoms with Crippen molar-refractivity contribution in [1.82, 2.24) is 19.5 Å². The predicted octanol–water partition coefficient (Wildman–Crippen LogP) is -1.53. The summed E-state index contributed by atoms with van der Waals surface area (Å²) < 4.78 is 7.38. The lowest BCUT2D eigenvalue weighted by atomic mass is 10.1. The third-order valence-corrected chi connectivity index (χ3v) is 5.24. The number of fused-ring (bicyclic) bond motifs is 1. The van der Waals surface area contributed by atoms with Crippen molar-refractivity contribution in [2.24, 2.45) is 5.73 Å². The van der Waals surface area contributed by atoms with Gasteiger partial charge in [-0.2, -0.15) is 11.8 Å². The van der Waals surface area contributed by atoms with Gasteiger partial charge in [-0.1, -0.05) is 0 Å². The van der Waals surface area contributed by atoms with Crippen molar-refractivity contribution in [3.8, 4) is 0 Å². The summed E-state index contributed by atoms with van der Waals surface area (Å²) in [5.41, 5.74) is 12.3. The minimum Gasteiger partial charge on any atom is -0.395 e. The van der Waals surface area contributed by atoms with Gasteiger partial charge < -0.3 is 31.5 Å². The second-order valence-corrected chi connectivity index (χ2v) is 7.09. The van der Waals surface area contributed by atoms with Crippen LogP contribution in [-0.4, -0.2) is 77.3 Å². The van der Waals surface area contributed by atoms with Gasteiger partial charge in [0.25, 0.3) is 0 Å². The molecule has 3 heterocycles. The van der Waals surface area contributed by atoms with Crippen molar-refractivity contribution in [3.63, 3.8) is 0 Å². The third kappa shape index (κ3) is 3.71. The number of nitrogen functional groups attached to an aromatic ring is 1.